The number of aliphatic hydroxyl groups is 2. The van der Waals surface area contributed by atoms with E-state index in [0.717, 1.165) is 23.1 Å². The van der Waals surface area contributed by atoms with E-state index in [2.05, 4.69) is 26.0 Å². The number of primary amides is 1. The van der Waals surface area contributed by atoms with Crippen molar-refractivity contribution in [2.45, 2.75) is 60.2 Å². The minimum Gasteiger partial charge on any atom is -0.369 e. The minimum absolute atomic E-state index is 0.207. The first-order chi connectivity index (χ1) is 13.9. The molecule has 2 unspecified atom stereocenters. The van der Waals surface area contributed by atoms with E-state index < -0.39 is 6.29 Å². The number of amides is 1. The van der Waals surface area contributed by atoms with Crippen LogP contribution < -0.4 is 5.73 Å². The van der Waals surface area contributed by atoms with Gasteiger partial charge in [-0.3, -0.25) is 4.79 Å². The topological polar surface area (TPSA) is 83.6 Å². The van der Waals surface area contributed by atoms with Crippen LogP contribution in [0.4, 0.5) is 0 Å². The van der Waals surface area contributed by atoms with Crippen molar-refractivity contribution in [3.63, 3.8) is 0 Å². The van der Waals surface area contributed by atoms with Gasteiger partial charge >= 0.3 is 0 Å². The molecule has 4 N–H and O–H groups in total. The lowest BCUT2D eigenvalue weighted by molar-refractivity contribution is -0.125. The van der Waals surface area contributed by atoms with Gasteiger partial charge in [0.25, 0.3) is 0 Å². The molecule has 0 spiro atoms. The van der Waals surface area contributed by atoms with Gasteiger partial charge in [0.15, 0.2) is 6.29 Å². The Labute approximate surface area is 181 Å². The number of rotatable bonds is 9. The summed E-state index contributed by atoms with van der Waals surface area (Å²) in [5.41, 5.74) is 8.61. The molecule has 0 radical (unpaired) electrons. The van der Waals surface area contributed by atoms with E-state index in [4.69, 9.17) is 5.73 Å². The summed E-state index contributed by atoms with van der Waals surface area (Å²) < 4.78 is 0. The largest absolute Gasteiger partial charge is 0.369 e. The lowest BCUT2D eigenvalue weighted by atomic mass is 9.71. The van der Waals surface area contributed by atoms with Crippen LogP contribution in [-0.2, 0) is 24.1 Å². The summed E-state index contributed by atoms with van der Waals surface area (Å²) in [6.45, 7) is 10.2. The Bertz CT molecular complexity index is 804. The van der Waals surface area contributed by atoms with E-state index in [-0.39, 0.29) is 28.6 Å². The van der Waals surface area contributed by atoms with Gasteiger partial charge in [-0.25, -0.2) is 0 Å². The highest BCUT2D eigenvalue weighted by atomic mass is 16.5. The fraction of sp³-hybridized carbons (Fsp3) is 0.500. The second kappa shape index (κ2) is 9.76. The summed E-state index contributed by atoms with van der Waals surface area (Å²) in [6.07, 6.45) is 0.614. The zero-order valence-corrected chi connectivity index (χ0v) is 18.9. The van der Waals surface area contributed by atoms with Crippen LogP contribution in [0.15, 0.2) is 54.6 Å². The van der Waals surface area contributed by atoms with E-state index in [1.165, 1.54) is 0 Å². The second-order valence-corrected chi connectivity index (χ2v) is 10.2. The van der Waals surface area contributed by atoms with Crippen molar-refractivity contribution in [2.24, 2.45) is 28.4 Å². The SMILES string of the molecule is CC(C)(C)C(Cc1ccc(CC(C)(C)C(Cc2ccccc2)C(N)=O)cc1)C(O)O. The van der Waals surface area contributed by atoms with E-state index in [1.54, 1.807) is 0 Å². The van der Waals surface area contributed by atoms with Crippen LogP contribution in [0.3, 0.4) is 0 Å². The molecular weight excluding hydrogens is 374 g/mol. The van der Waals surface area contributed by atoms with Crippen molar-refractivity contribution in [2.75, 3.05) is 0 Å². The third-order valence-electron chi connectivity index (χ3n) is 6.18. The Kier molecular flexibility index (Phi) is 7.84. The van der Waals surface area contributed by atoms with E-state index in [0.29, 0.717) is 12.8 Å². The Morgan fingerprint density at radius 1 is 0.833 bits per heavy atom. The number of aliphatic hydroxyl groups excluding tert-OH is 1. The third-order valence-corrected chi connectivity index (χ3v) is 6.18. The summed E-state index contributed by atoms with van der Waals surface area (Å²) in [4.78, 5) is 12.2. The van der Waals surface area contributed by atoms with Crippen molar-refractivity contribution >= 4 is 5.91 Å². The molecule has 0 fully saturated rings. The molecule has 0 saturated carbocycles. The Morgan fingerprint density at radius 3 is 1.80 bits per heavy atom. The first-order valence-corrected chi connectivity index (χ1v) is 10.7. The van der Waals surface area contributed by atoms with Gasteiger partial charge in [-0.1, -0.05) is 89.2 Å². The maximum absolute atomic E-state index is 12.2. The molecule has 0 aliphatic heterocycles. The quantitative estimate of drug-likeness (QED) is 0.543. The van der Waals surface area contributed by atoms with Crippen LogP contribution >= 0.6 is 0 Å². The molecule has 0 aliphatic rings. The number of hydrogen-bond acceptors (Lipinski definition) is 3. The van der Waals surface area contributed by atoms with Crippen LogP contribution in [0, 0.1) is 22.7 Å². The van der Waals surface area contributed by atoms with Crippen LogP contribution in [0.1, 0.15) is 51.3 Å². The van der Waals surface area contributed by atoms with Gasteiger partial charge in [0.05, 0.1) is 0 Å². The molecule has 164 valence electrons. The van der Waals surface area contributed by atoms with E-state index >= 15 is 0 Å². The summed E-state index contributed by atoms with van der Waals surface area (Å²) in [5.74, 6) is -0.787. The van der Waals surface area contributed by atoms with Gasteiger partial charge < -0.3 is 15.9 Å². The standard InChI is InChI=1S/C26H37NO3/c1-25(2,3)22(24(29)30)16-19-11-13-20(14-12-19)17-26(4,5)21(23(27)28)15-18-9-7-6-8-10-18/h6-14,21-22,24,29-30H,15-17H2,1-5H3,(H2,27,28). The molecule has 1 amide bonds. The van der Waals surface area contributed by atoms with Crippen LogP contribution in [0.5, 0.6) is 0 Å². The summed E-state index contributed by atoms with van der Waals surface area (Å²) >= 11 is 0. The smallest absolute Gasteiger partial charge is 0.221 e. The molecule has 2 rings (SSSR count). The Hall–Kier alpha value is -2.17. The normalized spacial score (nSPS) is 14.5. The number of nitrogens with two attached hydrogens (primary N) is 1. The highest BCUT2D eigenvalue weighted by molar-refractivity contribution is 5.78. The molecule has 2 aromatic rings. The minimum atomic E-state index is -1.35. The number of carbonyl (C=O) groups is 1. The van der Waals surface area contributed by atoms with Crippen molar-refractivity contribution < 1.29 is 15.0 Å². The highest BCUT2D eigenvalue weighted by Gasteiger charge is 2.34. The number of carbonyl (C=O) groups excluding carboxylic acids is 1. The molecular formula is C26H37NO3. The average molecular weight is 412 g/mol. The molecule has 2 aromatic carbocycles. The van der Waals surface area contributed by atoms with Crippen molar-refractivity contribution in [1.82, 2.24) is 0 Å². The predicted octanol–water partition coefficient (Wildman–Crippen LogP) is 4.12. The first-order valence-electron chi connectivity index (χ1n) is 10.7. The Morgan fingerprint density at radius 2 is 1.33 bits per heavy atom. The maximum atomic E-state index is 12.2. The Balaban J connectivity index is 2.12. The molecule has 30 heavy (non-hydrogen) atoms. The molecule has 0 aliphatic carbocycles. The maximum Gasteiger partial charge on any atom is 0.221 e. The molecule has 0 aromatic heterocycles. The van der Waals surface area contributed by atoms with E-state index in [9.17, 15) is 15.0 Å². The highest BCUT2D eigenvalue weighted by Crippen LogP contribution is 2.35. The van der Waals surface area contributed by atoms with Crippen LogP contribution in [0.2, 0.25) is 0 Å². The van der Waals surface area contributed by atoms with Gasteiger partial charge in [0.1, 0.15) is 0 Å². The molecule has 4 heteroatoms. The van der Waals surface area contributed by atoms with Crippen LogP contribution in [-0.4, -0.2) is 22.4 Å². The second-order valence-electron chi connectivity index (χ2n) is 10.2. The summed E-state index contributed by atoms with van der Waals surface area (Å²) in [5, 5.41) is 19.5. The fourth-order valence-corrected chi connectivity index (χ4v) is 4.17. The zero-order valence-electron chi connectivity index (χ0n) is 18.9. The lowest BCUT2D eigenvalue weighted by Crippen LogP contribution is -2.38. The molecule has 0 saturated heterocycles. The van der Waals surface area contributed by atoms with E-state index in [1.807, 2.05) is 63.2 Å². The average Bonchev–Trinajstić information content (AvgIpc) is 2.64. The van der Waals surface area contributed by atoms with Crippen LogP contribution in [0.25, 0.3) is 0 Å². The van der Waals surface area contributed by atoms with Gasteiger partial charge in [-0.2, -0.15) is 0 Å². The summed E-state index contributed by atoms with van der Waals surface area (Å²) in [7, 11) is 0. The van der Waals surface area contributed by atoms with Crippen molar-refractivity contribution in [1.29, 1.82) is 0 Å². The molecule has 0 bridgehead atoms. The van der Waals surface area contributed by atoms with Gasteiger partial charge in [0, 0.05) is 11.8 Å². The first kappa shape index (κ1) is 24.1. The summed E-state index contributed by atoms with van der Waals surface area (Å²) in [6, 6.07) is 18.2. The molecule has 2 atom stereocenters. The number of hydrogen-bond donors (Lipinski definition) is 3. The van der Waals surface area contributed by atoms with Gasteiger partial charge in [-0.05, 0) is 46.8 Å². The fourth-order valence-electron chi connectivity index (χ4n) is 4.17. The molecule has 0 heterocycles. The number of benzene rings is 2. The molecule has 4 nitrogen and oxygen atoms in total. The monoisotopic (exact) mass is 411 g/mol. The van der Waals surface area contributed by atoms with Gasteiger partial charge in [-0.15, -0.1) is 0 Å². The lowest BCUT2D eigenvalue weighted by Gasteiger charge is -2.33. The van der Waals surface area contributed by atoms with Crippen molar-refractivity contribution in [3.05, 3.63) is 71.3 Å². The third kappa shape index (κ3) is 6.68. The van der Waals surface area contributed by atoms with Gasteiger partial charge in [0.2, 0.25) is 5.91 Å². The zero-order chi connectivity index (χ0) is 22.5. The predicted molar refractivity (Wildman–Crippen MR) is 122 cm³/mol. The van der Waals surface area contributed by atoms with Crippen molar-refractivity contribution in [3.8, 4) is 0 Å².